The summed E-state index contributed by atoms with van der Waals surface area (Å²) in [5.74, 6) is 0.0221. The van der Waals surface area contributed by atoms with Gasteiger partial charge in [-0.05, 0) is 43.7 Å². The van der Waals surface area contributed by atoms with E-state index in [1.165, 1.54) is 0 Å². The van der Waals surface area contributed by atoms with Gasteiger partial charge >= 0.3 is 0 Å². The van der Waals surface area contributed by atoms with Crippen molar-refractivity contribution < 1.29 is 4.79 Å². The highest BCUT2D eigenvalue weighted by molar-refractivity contribution is 5.95. The van der Waals surface area contributed by atoms with Crippen LogP contribution in [0.2, 0.25) is 0 Å². The van der Waals surface area contributed by atoms with Gasteiger partial charge in [-0.2, -0.15) is 5.26 Å². The number of rotatable bonds is 4. The number of Topliss-reactive ketones (excluding diaryl/α,β-unsaturated/α-hetero) is 1. The van der Waals surface area contributed by atoms with Gasteiger partial charge in [0.25, 0.3) is 0 Å². The fourth-order valence-electron chi connectivity index (χ4n) is 2.97. The molecule has 2 aromatic carbocycles. The third-order valence-electron chi connectivity index (χ3n) is 4.20. The summed E-state index contributed by atoms with van der Waals surface area (Å²) in [6.07, 6.45) is 1.00. The van der Waals surface area contributed by atoms with Crippen LogP contribution < -0.4 is 10.2 Å². The molecule has 1 atom stereocenters. The summed E-state index contributed by atoms with van der Waals surface area (Å²) < 4.78 is 0. The zero-order valence-corrected chi connectivity index (χ0v) is 13.1. The first kappa shape index (κ1) is 15.1. The van der Waals surface area contributed by atoms with E-state index in [0.29, 0.717) is 17.2 Å². The van der Waals surface area contributed by atoms with Gasteiger partial charge in [0, 0.05) is 30.4 Å². The Morgan fingerprint density at radius 2 is 2.04 bits per heavy atom. The number of hydrogen-bond donors (Lipinski definition) is 1. The minimum Gasteiger partial charge on any atom is -0.380 e. The molecule has 116 valence electrons. The Labute approximate surface area is 136 Å². The molecule has 1 aliphatic rings. The summed E-state index contributed by atoms with van der Waals surface area (Å²) in [4.78, 5) is 13.8. The summed E-state index contributed by atoms with van der Waals surface area (Å²) in [6.45, 7) is 3.25. The minimum atomic E-state index is 0.0221. The molecule has 4 nitrogen and oxygen atoms in total. The van der Waals surface area contributed by atoms with Crippen LogP contribution in [-0.2, 0) is 0 Å². The Hall–Kier alpha value is -2.80. The van der Waals surface area contributed by atoms with E-state index in [4.69, 9.17) is 0 Å². The van der Waals surface area contributed by atoms with Crippen LogP contribution >= 0.6 is 0 Å². The van der Waals surface area contributed by atoms with E-state index in [0.717, 1.165) is 30.9 Å². The minimum absolute atomic E-state index is 0.0221. The largest absolute Gasteiger partial charge is 0.380 e. The molecule has 0 bridgehead atoms. The molecule has 1 unspecified atom stereocenters. The summed E-state index contributed by atoms with van der Waals surface area (Å²) in [5, 5.41) is 12.9. The smallest absolute Gasteiger partial charge is 0.159 e. The molecule has 4 heteroatoms. The lowest BCUT2D eigenvalue weighted by molar-refractivity contribution is 0.101. The van der Waals surface area contributed by atoms with E-state index < -0.39 is 0 Å². The van der Waals surface area contributed by atoms with Gasteiger partial charge in [0.15, 0.2) is 5.78 Å². The Morgan fingerprint density at radius 1 is 1.26 bits per heavy atom. The molecule has 1 heterocycles. The molecule has 2 aromatic rings. The molecule has 23 heavy (non-hydrogen) atoms. The standard InChI is InChI=1S/C19H19N3O/c1-14(23)15-7-8-16(12-20)19(11-15)22-10-9-18(13-22)21-17-5-3-2-4-6-17/h2-8,11,18,21H,9-10,13H2,1H3. The molecule has 0 spiro atoms. The van der Waals surface area contributed by atoms with Gasteiger partial charge in [0.05, 0.1) is 11.3 Å². The Morgan fingerprint density at radius 3 is 2.74 bits per heavy atom. The number of benzene rings is 2. The fraction of sp³-hybridized carbons (Fsp3) is 0.263. The number of para-hydroxylation sites is 1. The first-order chi connectivity index (χ1) is 11.2. The van der Waals surface area contributed by atoms with Gasteiger partial charge < -0.3 is 10.2 Å². The zero-order valence-electron chi connectivity index (χ0n) is 13.1. The topological polar surface area (TPSA) is 56.1 Å². The molecule has 0 saturated carbocycles. The lowest BCUT2D eigenvalue weighted by Gasteiger charge is -2.21. The second-order valence-electron chi connectivity index (χ2n) is 5.84. The van der Waals surface area contributed by atoms with Crippen molar-refractivity contribution in [2.45, 2.75) is 19.4 Å². The molecule has 0 aromatic heterocycles. The van der Waals surface area contributed by atoms with E-state index in [1.54, 1.807) is 19.1 Å². The Balaban J connectivity index is 1.77. The maximum atomic E-state index is 11.6. The normalized spacial score (nSPS) is 16.9. The molecule has 0 radical (unpaired) electrons. The molecule has 1 aliphatic heterocycles. The molecular weight excluding hydrogens is 286 g/mol. The third kappa shape index (κ3) is 3.35. The quantitative estimate of drug-likeness (QED) is 0.879. The van der Waals surface area contributed by atoms with Crippen LogP contribution in [-0.4, -0.2) is 24.9 Å². The number of ketones is 1. The lowest BCUT2D eigenvalue weighted by atomic mass is 10.1. The maximum absolute atomic E-state index is 11.6. The number of carbonyl (C=O) groups is 1. The van der Waals surface area contributed by atoms with Crippen LogP contribution in [0.3, 0.4) is 0 Å². The van der Waals surface area contributed by atoms with E-state index in [-0.39, 0.29) is 5.78 Å². The van der Waals surface area contributed by atoms with Crippen LogP contribution in [0, 0.1) is 11.3 Å². The van der Waals surface area contributed by atoms with Crippen LogP contribution in [0.4, 0.5) is 11.4 Å². The molecule has 1 fully saturated rings. The predicted molar refractivity (Wildman–Crippen MR) is 91.8 cm³/mol. The highest BCUT2D eigenvalue weighted by atomic mass is 16.1. The highest BCUT2D eigenvalue weighted by Gasteiger charge is 2.24. The predicted octanol–water partition coefficient (Wildman–Crippen LogP) is 3.45. The SMILES string of the molecule is CC(=O)c1ccc(C#N)c(N2CCC(Nc3ccccc3)C2)c1. The second-order valence-corrected chi connectivity index (χ2v) is 5.84. The van der Waals surface area contributed by atoms with Crippen molar-refractivity contribution in [3.8, 4) is 6.07 Å². The van der Waals surface area contributed by atoms with Crippen LogP contribution in [0.15, 0.2) is 48.5 Å². The number of nitriles is 1. The number of nitrogens with zero attached hydrogens (tertiary/aromatic N) is 2. The number of hydrogen-bond acceptors (Lipinski definition) is 4. The van der Waals surface area contributed by atoms with Crippen molar-refractivity contribution in [3.05, 3.63) is 59.7 Å². The van der Waals surface area contributed by atoms with E-state index in [9.17, 15) is 10.1 Å². The average Bonchev–Trinajstić information content (AvgIpc) is 3.03. The molecule has 0 amide bonds. The van der Waals surface area contributed by atoms with Crippen LogP contribution in [0.1, 0.15) is 29.3 Å². The van der Waals surface area contributed by atoms with Crippen molar-refractivity contribution in [1.29, 1.82) is 5.26 Å². The van der Waals surface area contributed by atoms with E-state index in [1.807, 2.05) is 24.3 Å². The van der Waals surface area contributed by atoms with Gasteiger partial charge in [0.1, 0.15) is 6.07 Å². The van der Waals surface area contributed by atoms with Crippen molar-refractivity contribution in [3.63, 3.8) is 0 Å². The molecule has 3 rings (SSSR count). The first-order valence-corrected chi connectivity index (χ1v) is 7.79. The lowest BCUT2D eigenvalue weighted by Crippen LogP contribution is -2.26. The summed E-state index contributed by atoms with van der Waals surface area (Å²) >= 11 is 0. The third-order valence-corrected chi connectivity index (χ3v) is 4.20. The zero-order chi connectivity index (χ0) is 16.2. The highest BCUT2D eigenvalue weighted by Crippen LogP contribution is 2.27. The number of anilines is 2. The van der Waals surface area contributed by atoms with Crippen molar-refractivity contribution in [2.75, 3.05) is 23.3 Å². The van der Waals surface area contributed by atoms with Gasteiger partial charge in [-0.25, -0.2) is 0 Å². The van der Waals surface area contributed by atoms with Gasteiger partial charge in [-0.3, -0.25) is 4.79 Å². The second kappa shape index (κ2) is 6.53. The number of nitrogens with one attached hydrogen (secondary N) is 1. The van der Waals surface area contributed by atoms with E-state index >= 15 is 0 Å². The van der Waals surface area contributed by atoms with Crippen molar-refractivity contribution >= 4 is 17.2 Å². The van der Waals surface area contributed by atoms with Crippen LogP contribution in [0.5, 0.6) is 0 Å². The summed E-state index contributed by atoms with van der Waals surface area (Å²) in [6, 6.07) is 18.0. The van der Waals surface area contributed by atoms with Crippen LogP contribution in [0.25, 0.3) is 0 Å². The number of carbonyl (C=O) groups excluding carboxylic acids is 1. The Kier molecular flexibility index (Phi) is 4.29. The first-order valence-electron chi connectivity index (χ1n) is 7.79. The molecular formula is C19H19N3O. The Bertz CT molecular complexity index is 749. The fourth-order valence-corrected chi connectivity index (χ4v) is 2.97. The van der Waals surface area contributed by atoms with Gasteiger partial charge in [0.2, 0.25) is 0 Å². The average molecular weight is 305 g/mol. The van der Waals surface area contributed by atoms with Crippen molar-refractivity contribution in [2.24, 2.45) is 0 Å². The van der Waals surface area contributed by atoms with E-state index in [2.05, 4.69) is 28.4 Å². The summed E-state index contributed by atoms with van der Waals surface area (Å²) in [7, 11) is 0. The summed E-state index contributed by atoms with van der Waals surface area (Å²) in [5.41, 5.74) is 3.24. The molecule has 1 saturated heterocycles. The maximum Gasteiger partial charge on any atom is 0.159 e. The van der Waals surface area contributed by atoms with Gasteiger partial charge in [-0.1, -0.05) is 18.2 Å². The van der Waals surface area contributed by atoms with Gasteiger partial charge in [-0.15, -0.1) is 0 Å². The molecule has 0 aliphatic carbocycles. The molecule has 1 N–H and O–H groups in total. The monoisotopic (exact) mass is 305 g/mol. The van der Waals surface area contributed by atoms with Crippen molar-refractivity contribution in [1.82, 2.24) is 0 Å².